The molecule has 0 radical (unpaired) electrons. The zero-order valence-electron chi connectivity index (χ0n) is 20.2. The molecule has 2 aromatic carbocycles. The Morgan fingerprint density at radius 3 is 2.43 bits per heavy atom. The molecule has 184 valence electrons. The first kappa shape index (κ1) is 25.0. The second-order valence-electron chi connectivity index (χ2n) is 9.06. The van der Waals surface area contributed by atoms with Crippen molar-refractivity contribution in [1.82, 2.24) is 9.80 Å². The van der Waals surface area contributed by atoms with Crippen LogP contribution in [0.25, 0.3) is 0 Å². The van der Waals surface area contributed by atoms with E-state index in [4.69, 9.17) is 20.8 Å². The van der Waals surface area contributed by atoms with Crippen molar-refractivity contribution in [3.63, 3.8) is 0 Å². The van der Waals surface area contributed by atoms with Crippen LogP contribution in [0, 0.1) is 5.92 Å². The van der Waals surface area contributed by atoms with Crippen LogP contribution in [0.1, 0.15) is 44.9 Å². The first-order chi connectivity index (χ1) is 17.0. The molecule has 0 bridgehead atoms. The standard InChI is InChI=1S/C28H31ClN2O4/c1-30(27(32)26-8-5-17-35-26)25(18-23-6-3-4-7-24(23)29)21-13-15-31(16-14-21)19-20-9-11-22(12-10-20)28(33)34-2/h3-12,17,21,25H,13-16,18-19H2,1-2H3/t25-/m0/s1. The summed E-state index contributed by atoms with van der Waals surface area (Å²) in [5.74, 6) is 0.257. The molecule has 1 aliphatic rings. The Morgan fingerprint density at radius 1 is 1.09 bits per heavy atom. The van der Waals surface area contributed by atoms with Gasteiger partial charge in [0, 0.05) is 24.7 Å². The van der Waals surface area contributed by atoms with Crippen LogP contribution >= 0.6 is 11.6 Å². The normalized spacial score (nSPS) is 15.5. The van der Waals surface area contributed by atoms with Gasteiger partial charge in [-0.15, -0.1) is 0 Å². The number of carbonyl (C=O) groups excluding carboxylic acids is 2. The van der Waals surface area contributed by atoms with E-state index in [0.29, 0.717) is 23.7 Å². The summed E-state index contributed by atoms with van der Waals surface area (Å²) in [6.07, 6.45) is 4.18. The second-order valence-corrected chi connectivity index (χ2v) is 9.47. The van der Waals surface area contributed by atoms with Crippen molar-refractivity contribution >= 4 is 23.5 Å². The van der Waals surface area contributed by atoms with Gasteiger partial charge in [0.1, 0.15) is 0 Å². The van der Waals surface area contributed by atoms with Gasteiger partial charge in [0.15, 0.2) is 5.76 Å². The minimum Gasteiger partial charge on any atom is -0.465 e. The minimum atomic E-state index is -0.324. The molecular formula is C28H31ClN2O4. The molecule has 0 spiro atoms. The Bertz CT molecular complexity index is 1120. The number of rotatable bonds is 8. The average molecular weight is 495 g/mol. The maximum absolute atomic E-state index is 13.1. The van der Waals surface area contributed by atoms with Crippen molar-refractivity contribution in [1.29, 1.82) is 0 Å². The van der Waals surface area contributed by atoms with Crippen LogP contribution in [0.15, 0.2) is 71.3 Å². The molecule has 0 unspecified atom stereocenters. The van der Waals surface area contributed by atoms with Crippen LogP contribution in [0.3, 0.4) is 0 Å². The first-order valence-electron chi connectivity index (χ1n) is 11.9. The summed E-state index contributed by atoms with van der Waals surface area (Å²) in [6, 6.07) is 18.9. The Labute approximate surface area is 211 Å². The molecule has 6 nitrogen and oxygen atoms in total. The van der Waals surface area contributed by atoms with Gasteiger partial charge < -0.3 is 14.1 Å². The third-order valence-corrected chi connectivity index (χ3v) is 7.26. The average Bonchev–Trinajstić information content (AvgIpc) is 3.43. The summed E-state index contributed by atoms with van der Waals surface area (Å²) in [7, 11) is 3.25. The van der Waals surface area contributed by atoms with E-state index < -0.39 is 0 Å². The lowest BCUT2D eigenvalue weighted by atomic mass is 9.84. The van der Waals surface area contributed by atoms with E-state index in [1.54, 1.807) is 12.1 Å². The van der Waals surface area contributed by atoms with E-state index >= 15 is 0 Å². The lowest BCUT2D eigenvalue weighted by molar-refractivity contribution is 0.0555. The molecule has 1 atom stereocenters. The van der Waals surface area contributed by atoms with Crippen molar-refractivity contribution in [3.8, 4) is 0 Å². The topological polar surface area (TPSA) is 63.0 Å². The van der Waals surface area contributed by atoms with E-state index in [1.807, 2.05) is 60.5 Å². The molecule has 1 amide bonds. The van der Waals surface area contributed by atoms with Crippen LogP contribution in [-0.4, -0.2) is 55.0 Å². The number of nitrogens with zero attached hydrogens (tertiary/aromatic N) is 2. The van der Waals surface area contributed by atoms with Crippen molar-refractivity contribution in [3.05, 3.63) is 94.4 Å². The van der Waals surface area contributed by atoms with Gasteiger partial charge in [0.05, 0.1) is 18.9 Å². The lowest BCUT2D eigenvalue weighted by Crippen LogP contribution is -2.47. The highest BCUT2D eigenvalue weighted by Gasteiger charge is 2.33. The highest BCUT2D eigenvalue weighted by atomic mass is 35.5. The Balaban J connectivity index is 1.43. The number of hydrogen-bond acceptors (Lipinski definition) is 5. The molecule has 1 aromatic heterocycles. The second kappa shape index (κ2) is 11.6. The largest absolute Gasteiger partial charge is 0.465 e. The van der Waals surface area contributed by atoms with Crippen molar-refractivity contribution < 1.29 is 18.7 Å². The fourth-order valence-corrected chi connectivity index (χ4v) is 5.06. The summed E-state index contributed by atoms with van der Waals surface area (Å²) in [6.45, 7) is 2.70. The number of likely N-dealkylation sites (N-methyl/N-ethyl adjacent to an activating group) is 1. The van der Waals surface area contributed by atoms with E-state index in [2.05, 4.69) is 4.90 Å². The van der Waals surface area contributed by atoms with Gasteiger partial charge in [-0.2, -0.15) is 0 Å². The predicted molar refractivity (Wildman–Crippen MR) is 136 cm³/mol. The van der Waals surface area contributed by atoms with Gasteiger partial charge in [-0.3, -0.25) is 9.69 Å². The summed E-state index contributed by atoms with van der Waals surface area (Å²) >= 11 is 6.49. The van der Waals surface area contributed by atoms with Crippen LogP contribution in [0.5, 0.6) is 0 Å². The van der Waals surface area contributed by atoms with Gasteiger partial charge in [-0.25, -0.2) is 4.79 Å². The third kappa shape index (κ3) is 6.13. The van der Waals surface area contributed by atoms with Crippen molar-refractivity contribution in [2.45, 2.75) is 31.8 Å². The van der Waals surface area contributed by atoms with Crippen LogP contribution in [-0.2, 0) is 17.7 Å². The SMILES string of the molecule is COC(=O)c1ccc(CN2CCC([C@H](Cc3ccccc3Cl)N(C)C(=O)c3ccco3)CC2)cc1. The summed E-state index contributed by atoms with van der Waals surface area (Å²) in [5.41, 5.74) is 2.77. The zero-order chi connectivity index (χ0) is 24.8. The number of amides is 1. The van der Waals surface area contributed by atoms with Gasteiger partial charge >= 0.3 is 5.97 Å². The fraction of sp³-hybridized carbons (Fsp3) is 0.357. The van der Waals surface area contributed by atoms with E-state index in [-0.39, 0.29) is 17.9 Å². The Hall–Kier alpha value is -3.09. The molecule has 4 rings (SSSR count). The first-order valence-corrected chi connectivity index (χ1v) is 12.3. The van der Waals surface area contributed by atoms with Gasteiger partial charge in [0.2, 0.25) is 0 Å². The molecule has 35 heavy (non-hydrogen) atoms. The number of benzene rings is 2. The number of methoxy groups -OCH3 is 1. The molecule has 2 heterocycles. The number of furan rings is 1. The molecule has 1 fully saturated rings. The zero-order valence-corrected chi connectivity index (χ0v) is 20.9. The third-order valence-electron chi connectivity index (χ3n) is 6.89. The number of esters is 1. The smallest absolute Gasteiger partial charge is 0.337 e. The van der Waals surface area contributed by atoms with Gasteiger partial charge in [-0.1, -0.05) is 41.9 Å². The molecule has 1 aliphatic heterocycles. The Morgan fingerprint density at radius 2 is 1.80 bits per heavy atom. The summed E-state index contributed by atoms with van der Waals surface area (Å²) in [5, 5.41) is 0.726. The highest BCUT2D eigenvalue weighted by molar-refractivity contribution is 6.31. The Kier molecular flexibility index (Phi) is 8.26. The van der Waals surface area contributed by atoms with Gasteiger partial charge in [-0.05, 0) is 79.7 Å². The minimum absolute atomic E-state index is 0.00832. The van der Waals surface area contributed by atoms with Crippen LogP contribution in [0.4, 0.5) is 0 Å². The number of hydrogen-bond donors (Lipinski definition) is 0. The summed E-state index contributed by atoms with van der Waals surface area (Å²) < 4.78 is 10.2. The fourth-order valence-electron chi connectivity index (χ4n) is 4.85. The quantitative estimate of drug-likeness (QED) is 0.397. The van der Waals surface area contributed by atoms with Crippen molar-refractivity contribution in [2.75, 3.05) is 27.2 Å². The van der Waals surface area contributed by atoms with Gasteiger partial charge in [0.25, 0.3) is 5.91 Å². The number of carbonyl (C=O) groups is 2. The molecule has 7 heteroatoms. The van der Waals surface area contributed by atoms with Crippen molar-refractivity contribution in [2.24, 2.45) is 5.92 Å². The van der Waals surface area contributed by atoms with Crippen LogP contribution < -0.4 is 0 Å². The molecule has 1 saturated heterocycles. The number of halogens is 1. The molecule has 3 aromatic rings. The number of likely N-dealkylation sites (tertiary alicyclic amines) is 1. The number of piperidine rings is 1. The lowest BCUT2D eigenvalue weighted by Gasteiger charge is -2.40. The van der Waals surface area contributed by atoms with E-state index in [9.17, 15) is 9.59 Å². The van der Waals surface area contributed by atoms with E-state index in [0.717, 1.165) is 48.6 Å². The molecule has 0 saturated carbocycles. The summed E-state index contributed by atoms with van der Waals surface area (Å²) in [4.78, 5) is 29.0. The number of ether oxygens (including phenoxy) is 1. The molecule has 0 N–H and O–H groups in total. The van der Waals surface area contributed by atoms with Crippen LogP contribution in [0.2, 0.25) is 5.02 Å². The maximum atomic E-state index is 13.1. The molecular weight excluding hydrogens is 464 g/mol. The highest BCUT2D eigenvalue weighted by Crippen LogP contribution is 2.30. The van der Waals surface area contributed by atoms with E-state index in [1.165, 1.54) is 13.4 Å². The molecule has 0 aliphatic carbocycles. The monoisotopic (exact) mass is 494 g/mol. The predicted octanol–water partition coefficient (Wildman–Crippen LogP) is 5.32. The maximum Gasteiger partial charge on any atom is 0.337 e.